The number of aromatic nitrogens is 3. The van der Waals surface area contributed by atoms with E-state index in [4.69, 9.17) is 11.6 Å². The fraction of sp³-hybridized carbons (Fsp3) is 0.188. The number of anilines is 1. The number of thiazole rings is 1. The van der Waals surface area contributed by atoms with Gasteiger partial charge in [-0.3, -0.25) is 14.9 Å². The minimum atomic E-state index is -0.509. The summed E-state index contributed by atoms with van der Waals surface area (Å²) in [4.78, 5) is 29.0. The van der Waals surface area contributed by atoms with Gasteiger partial charge in [0.1, 0.15) is 10.0 Å². The van der Waals surface area contributed by atoms with Crippen molar-refractivity contribution in [2.45, 2.75) is 13.5 Å². The zero-order valence-electron chi connectivity index (χ0n) is 13.9. The first-order chi connectivity index (χ1) is 12.4. The number of hydrogen-bond donors (Lipinski definition) is 0. The highest BCUT2D eigenvalue weighted by Crippen LogP contribution is 2.23. The van der Waals surface area contributed by atoms with Gasteiger partial charge >= 0.3 is 0 Å². The topological polar surface area (TPSA) is 94.2 Å². The van der Waals surface area contributed by atoms with E-state index in [1.54, 1.807) is 11.9 Å². The normalized spacial score (nSPS) is 10.7. The lowest BCUT2D eigenvalue weighted by molar-refractivity contribution is -0.384. The van der Waals surface area contributed by atoms with Crippen LogP contribution in [-0.4, -0.2) is 26.7 Å². The second kappa shape index (κ2) is 7.22. The Morgan fingerprint density at radius 1 is 1.35 bits per heavy atom. The molecule has 26 heavy (non-hydrogen) atoms. The van der Waals surface area contributed by atoms with Gasteiger partial charge in [-0.1, -0.05) is 11.6 Å². The standard InChI is InChI=1S/C16H14ClN5O3S/c1-10-9-26-14(19-10)8-20(2)13-7-18-21(16(23)15(13)17)11-3-5-12(6-4-11)22(24)25/h3-7,9H,8H2,1-2H3. The van der Waals surface area contributed by atoms with E-state index in [2.05, 4.69) is 10.1 Å². The van der Waals surface area contributed by atoms with Gasteiger partial charge in [0.2, 0.25) is 0 Å². The molecule has 3 rings (SSSR count). The summed E-state index contributed by atoms with van der Waals surface area (Å²) in [6, 6.07) is 5.51. The molecule has 0 aliphatic carbocycles. The molecule has 134 valence electrons. The lowest BCUT2D eigenvalue weighted by Gasteiger charge is -2.19. The Balaban J connectivity index is 1.90. The largest absolute Gasteiger partial charge is 0.365 e. The van der Waals surface area contributed by atoms with Gasteiger partial charge in [-0.25, -0.2) is 4.98 Å². The molecule has 2 aromatic heterocycles. The fourth-order valence-corrected chi connectivity index (χ4v) is 3.45. The Morgan fingerprint density at radius 2 is 2.04 bits per heavy atom. The Hall–Kier alpha value is -2.78. The molecule has 0 unspecified atom stereocenters. The molecule has 0 aliphatic heterocycles. The number of aryl methyl sites for hydroxylation is 1. The predicted octanol–water partition coefficient (Wildman–Crippen LogP) is 3.20. The van der Waals surface area contributed by atoms with Gasteiger partial charge in [-0.15, -0.1) is 11.3 Å². The molecule has 0 atom stereocenters. The van der Waals surface area contributed by atoms with Crippen LogP contribution in [-0.2, 0) is 6.54 Å². The van der Waals surface area contributed by atoms with E-state index in [-0.39, 0.29) is 10.7 Å². The first kappa shape index (κ1) is 18.0. The third-order valence-corrected chi connectivity index (χ3v) is 4.96. The lowest BCUT2D eigenvalue weighted by Crippen LogP contribution is -2.26. The maximum atomic E-state index is 12.6. The van der Waals surface area contributed by atoms with Crippen molar-refractivity contribution in [2.75, 3.05) is 11.9 Å². The molecule has 2 heterocycles. The summed E-state index contributed by atoms with van der Waals surface area (Å²) in [6.45, 7) is 2.42. The van der Waals surface area contributed by atoms with E-state index in [0.29, 0.717) is 17.9 Å². The highest BCUT2D eigenvalue weighted by Gasteiger charge is 2.16. The molecule has 10 heteroatoms. The molecular formula is C16H14ClN5O3S. The van der Waals surface area contributed by atoms with E-state index in [0.717, 1.165) is 15.4 Å². The van der Waals surface area contributed by atoms with E-state index >= 15 is 0 Å². The van der Waals surface area contributed by atoms with Gasteiger partial charge < -0.3 is 4.90 Å². The van der Waals surface area contributed by atoms with E-state index in [9.17, 15) is 14.9 Å². The number of halogens is 1. The molecule has 0 radical (unpaired) electrons. The third-order valence-electron chi connectivity index (χ3n) is 3.66. The summed E-state index contributed by atoms with van der Waals surface area (Å²) >= 11 is 7.79. The van der Waals surface area contributed by atoms with Crippen molar-refractivity contribution >= 4 is 34.3 Å². The molecule has 0 spiro atoms. The van der Waals surface area contributed by atoms with E-state index in [1.807, 2.05) is 12.3 Å². The summed E-state index contributed by atoms with van der Waals surface area (Å²) < 4.78 is 1.11. The molecule has 1 aromatic carbocycles. The number of non-ortho nitro benzene ring substituents is 1. The average molecular weight is 392 g/mol. The maximum Gasteiger partial charge on any atom is 0.292 e. The number of hydrogen-bond acceptors (Lipinski definition) is 7. The number of nitrogens with zero attached hydrogens (tertiary/aromatic N) is 5. The first-order valence-corrected chi connectivity index (χ1v) is 8.77. The first-order valence-electron chi connectivity index (χ1n) is 7.51. The van der Waals surface area contributed by atoms with Crippen LogP contribution in [0.2, 0.25) is 5.02 Å². The molecule has 0 fully saturated rings. The van der Waals surface area contributed by atoms with Crippen LogP contribution >= 0.6 is 22.9 Å². The van der Waals surface area contributed by atoms with Gasteiger partial charge in [0.15, 0.2) is 0 Å². The smallest absolute Gasteiger partial charge is 0.292 e. The Bertz CT molecular complexity index is 1020. The van der Waals surface area contributed by atoms with Crippen LogP contribution in [0.1, 0.15) is 10.7 Å². The summed E-state index contributed by atoms with van der Waals surface area (Å²) in [6.07, 6.45) is 1.49. The molecule has 3 aromatic rings. The molecule has 0 saturated carbocycles. The minimum Gasteiger partial charge on any atom is -0.365 e. The second-order valence-electron chi connectivity index (χ2n) is 5.57. The van der Waals surface area contributed by atoms with Crippen LogP contribution in [0.4, 0.5) is 11.4 Å². The van der Waals surface area contributed by atoms with Crippen molar-refractivity contribution < 1.29 is 4.92 Å². The van der Waals surface area contributed by atoms with Crippen LogP contribution in [0, 0.1) is 17.0 Å². The van der Waals surface area contributed by atoms with Crippen molar-refractivity contribution in [1.29, 1.82) is 0 Å². The molecule has 0 amide bonds. The average Bonchev–Trinajstić information content (AvgIpc) is 3.02. The molecule has 0 saturated heterocycles. The van der Waals surface area contributed by atoms with Crippen LogP contribution in [0.25, 0.3) is 5.69 Å². The zero-order chi connectivity index (χ0) is 18.8. The van der Waals surface area contributed by atoms with Gasteiger partial charge in [-0.2, -0.15) is 9.78 Å². The fourth-order valence-electron chi connectivity index (χ4n) is 2.35. The van der Waals surface area contributed by atoms with E-state index < -0.39 is 10.5 Å². The van der Waals surface area contributed by atoms with Crippen molar-refractivity contribution in [1.82, 2.24) is 14.8 Å². The monoisotopic (exact) mass is 391 g/mol. The minimum absolute atomic E-state index is 0.0223. The number of benzene rings is 1. The van der Waals surface area contributed by atoms with Crippen LogP contribution in [0.5, 0.6) is 0 Å². The summed E-state index contributed by atoms with van der Waals surface area (Å²) in [5, 5.41) is 17.8. The van der Waals surface area contributed by atoms with Crippen molar-refractivity contribution in [3.63, 3.8) is 0 Å². The third kappa shape index (κ3) is 3.58. The van der Waals surface area contributed by atoms with Gasteiger partial charge in [0.25, 0.3) is 11.2 Å². The predicted molar refractivity (Wildman–Crippen MR) is 100 cm³/mol. The molecule has 8 nitrogen and oxygen atoms in total. The highest BCUT2D eigenvalue weighted by atomic mass is 35.5. The summed E-state index contributed by atoms with van der Waals surface area (Å²) in [7, 11) is 1.80. The number of nitro groups is 1. The Morgan fingerprint density at radius 3 is 2.62 bits per heavy atom. The summed E-state index contributed by atoms with van der Waals surface area (Å²) in [5.74, 6) is 0. The Kier molecular flexibility index (Phi) is 5.01. The van der Waals surface area contributed by atoms with Crippen molar-refractivity contribution in [2.24, 2.45) is 0 Å². The lowest BCUT2D eigenvalue weighted by atomic mass is 10.3. The molecule has 0 bridgehead atoms. The van der Waals surface area contributed by atoms with E-state index in [1.165, 1.54) is 41.8 Å². The van der Waals surface area contributed by atoms with Crippen molar-refractivity contribution in [3.8, 4) is 5.69 Å². The Labute approximate surface area is 157 Å². The van der Waals surface area contributed by atoms with Gasteiger partial charge in [-0.05, 0) is 19.1 Å². The molecule has 0 N–H and O–H groups in total. The van der Waals surface area contributed by atoms with Crippen LogP contribution in [0.3, 0.4) is 0 Å². The maximum absolute atomic E-state index is 12.6. The highest BCUT2D eigenvalue weighted by molar-refractivity contribution is 7.09. The van der Waals surface area contributed by atoms with Gasteiger partial charge in [0.05, 0.1) is 29.0 Å². The van der Waals surface area contributed by atoms with Crippen LogP contribution < -0.4 is 10.5 Å². The zero-order valence-corrected chi connectivity index (χ0v) is 15.5. The number of rotatable bonds is 5. The number of nitro benzene ring substituents is 1. The summed E-state index contributed by atoms with van der Waals surface area (Å²) in [5.41, 5.74) is 1.26. The molecular weight excluding hydrogens is 378 g/mol. The molecule has 0 aliphatic rings. The van der Waals surface area contributed by atoms with Crippen molar-refractivity contribution in [3.05, 3.63) is 72.0 Å². The SMILES string of the molecule is Cc1csc(CN(C)c2cnn(-c3ccc([N+](=O)[O-])cc3)c(=O)c2Cl)n1. The van der Waals surface area contributed by atoms with Gasteiger partial charge in [0, 0.05) is 30.3 Å². The quantitative estimate of drug-likeness (QED) is 0.489. The second-order valence-corrected chi connectivity index (χ2v) is 6.89. The van der Waals surface area contributed by atoms with Crippen LogP contribution in [0.15, 0.2) is 40.6 Å².